The van der Waals surface area contributed by atoms with E-state index in [1.807, 2.05) is 0 Å². The van der Waals surface area contributed by atoms with E-state index in [4.69, 9.17) is 11.6 Å². The standard InChI is InChI=1S/C14H9ClF4O/c15-13-7(2-1-3-9(13)16)6-12(20)8-4-10(17)14(19)11(18)5-8/h1-5,12,20H,6H2. The van der Waals surface area contributed by atoms with Crippen LogP contribution in [0.2, 0.25) is 5.02 Å². The summed E-state index contributed by atoms with van der Waals surface area (Å²) in [5, 5.41) is 9.72. The molecule has 0 fully saturated rings. The van der Waals surface area contributed by atoms with Crippen molar-refractivity contribution in [2.75, 3.05) is 0 Å². The van der Waals surface area contributed by atoms with Crippen LogP contribution < -0.4 is 0 Å². The second-order valence-electron chi connectivity index (χ2n) is 4.23. The van der Waals surface area contributed by atoms with E-state index in [1.165, 1.54) is 12.1 Å². The van der Waals surface area contributed by atoms with Gasteiger partial charge in [0.2, 0.25) is 0 Å². The second-order valence-corrected chi connectivity index (χ2v) is 4.61. The van der Waals surface area contributed by atoms with Gasteiger partial charge in [0.05, 0.1) is 11.1 Å². The zero-order chi connectivity index (χ0) is 14.9. The molecule has 1 N–H and O–H groups in total. The Bertz CT molecular complexity index is 622. The van der Waals surface area contributed by atoms with Gasteiger partial charge in [0.25, 0.3) is 0 Å². The molecule has 0 aliphatic rings. The van der Waals surface area contributed by atoms with Crippen LogP contribution in [0.15, 0.2) is 30.3 Å². The number of aliphatic hydroxyl groups is 1. The fourth-order valence-electron chi connectivity index (χ4n) is 1.80. The highest BCUT2D eigenvalue weighted by Crippen LogP contribution is 2.27. The third kappa shape index (κ3) is 2.94. The first-order valence-corrected chi connectivity index (χ1v) is 6.03. The Kier molecular flexibility index (Phi) is 4.30. The van der Waals surface area contributed by atoms with Gasteiger partial charge in [0, 0.05) is 6.42 Å². The van der Waals surface area contributed by atoms with Gasteiger partial charge in [-0.2, -0.15) is 0 Å². The predicted octanol–water partition coefficient (Wildman–Crippen LogP) is 4.17. The lowest BCUT2D eigenvalue weighted by Gasteiger charge is -2.13. The van der Waals surface area contributed by atoms with Gasteiger partial charge in [-0.3, -0.25) is 0 Å². The number of hydrogen-bond acceptors (Lipinski definition) is 1. The number of benzene rings is 2. The summed E-state index contributed by atoms with van der Waals surface area (Å²) in [6.07, 6.45) is -1.49. The van der Waals surface area contributed by atoms with Crippen LogP contribution in [0.3, 0.4) is 0 Å². The third-order valence-corrected chi connectivity index (χ3v) is 3.26. The van der Waals surface area contributed by atoms with Crippen LogP contribution in [0.1, 0.15) is 17.2 Å². The summed E-state index contributed by atoms with van der Waals surface area (Å²) < 4.78 is 52.2. The minimum atomic E-state index is -1.61. The van der Waals surface area contributed by atoms with E-state index >= 15 is 0 Å². The van der Waals surface area contributed by atoms with Crippen LogP contribution in [0.25, 0.3) is 0 Å². The third-order valence-electron chi connectivity index (χ3n) is 2.84. The summed E-state index contributed by atoms with van der Waals surface area (Å²) >= 11 is 5.72. The molecule has 0 aliphatic heterocycles. The lowest BCUT2D eigenvalue weighted by atomic mass is 10.0. The Hall–Kier alpha value is -1.59. The smallest absolute Gasteiger partial charge is 0.194 e. The van der Waals surface area contributed by atoms with E-state index < -0.39 is 29.4 Å². The van der Waals surface area contributed by atoms with Crippen LogP contribution in [0.5, 0.6) is 0 Å². The number of aliphatic hydroxyl groups excluding tert-OH is 1. The molecule has 6 heteroatoms. The highest BCUT2D eigenvalue weighted by atomic mass is 35.5. The van der Waals surface area contributed by atoms with Crippen molar-refractivity contribution in [3.63, 3.8) is 0 Å². The van der Waals surface area contributed by atoms with Crippen molar-refractivity contribution in [2.45, 2.75) is 12.5 Å². The molecule has 0 saturated carbocycles. The maximum Gasteiger partial charge on any atom is 0.194 e. The fourth-order valence-corrected chi connectivity index (χ4v) is 2.00. The van der Waals surface area contributed by atoms with Crippen LogP contribution in [0, 0.1) is 23.3 Å². The van der Waals surface area contributed by atoms with E-state index in [2.05, 4.69) is 0 Å². The molecule has 0 amide bonds. The molecule has 0 heterocycles. The van der Waals surface area contributed by atoms with Gasteiger partial charge in [-0.1, -0.05) is 23.7 Å². The molecule has 106 valence electrons. The molecule has 1 atom stereocenters. The van der Waals surface area contributed by atoms with E-state index in [-0.39, 0.29) is 22.6 Å². The number of hydrogen-bond donors (Lipinski definition) is 1. The first-order valence-electron chi connectivity index (χ1n) is 5.65. The van der Waals surface area contributed by atoms with E-state index in [0.717, 1.165) is 6.07 Å². The van der Waals surface area contributed by atoms with Crippen molar-refractivity contribution >= 4 is 11.6 Å². The highest BCUT2D eigenvalue weighted by Gasteiger charge is 2.17. The summed E-state index contributed by atoms with van der Waals surface area (Å²) in [6.45, 7) is 0. The number of rotatable bonds is 3. The molecule has 1 nitrogen and oxygen atoms in total. The van der Waals surface area contributed by atoms with Gasteiger partial charge < -0.3 is 5.11 Å². The largest absolute Gasteiger partial charge is 0.388 e. The first kappa shape index (κ1) is 14.8. The summed E-state index contributed by atoms with van der Waals surface area (Å²) in [4.78, 5) is 0. The van der Waals surface area contributed by atoms with Gasteiger partial charge in [-0.05, 0) is 29.3 Å². The van der Waals surface area contributed by atoms with E-state index in [1.54, 1.807) is 0 Å². The van der Waals surface area contributed by atoms with Gasteiger partial charge in [-0.15, -0.1) is 0 Å². The van der Waals surface area contributed by atoms with Crippen molar-refractivity contribution in [1.29, 1.82) is 0 Å². The van der Waals surface area contributed by atoms with Crippen molar-refractivity contribution in [3.8, 4) is 0 Å². The summed E-state index contributed by atoms with van der Waals surface area (Å²) in [5.74, 6) is -5.06. The highest BCUT2D eigenvalue weighted by molar-refractivity contribution is 6.31. The molecule has 2 aromatic carbocycles. The quantitative estimate of drug-likeness (QED) is 0.666. The average molecular weight is 305 g/mol. The molecule has 0 spiro atoms. The summed E-state index contributed by atoms with van der Waals surface area (Å²) in [6, 6.07) is 5.40. The molecule has 0 radical (unpaired) electrons. The van der Waals surface area contributed by atoms with Gasteiger partial charge >= 0.3 is 0 Å². The lowest BCUT2D eigenvalue weighted by Crippen LogP contribution is -2.05. The monoisotopic (exact) mass is 304 g/mol. The average Bonchev–Trinajstić information content (AvgIpc) is 2.40. The molecule has 2 rings (SSSR count). The minimum absolute atomic E-state index is 0.151. The first-order chi connectivity index (χ1) is 9.40. The molecule has 20 heavy (non-hydrogen) atoms. The molecule has 0 aliphatic carbocycles. The topological polar surface area (TPSA) is 20.2 Å². The molecular weight excluding hydrogens is 296 g/mol. The second kappa shape index (κ2) is 5.81. The Balaban J connectivity index is 2.28. The van der Waals surface area contributed by atoms with Gasteiger partial charge in [-0.25, -0.2) is 17.6 Å². The van der Waals surface area contributed by atoms with Gasteiger partial charge in [0.1, 0.15) is 5.82 Å². The number of halogens is 5. The van der Waals surface area contributed by atoms with E-state index in [9.17, 15) is 22.7 Å². The van der Waals surface area contributed by atoms with Crippen molar-refractivity contribution in [1.82, 2.24) is 0 Å². The summed E-state index contributed by atoms with van der Waals surface area (Å²) in [5.41, 5.74) is 0.131. The molecule has 2 aromatic rings. The molecule has 0 bridgehead atoms. The summed E-state index contributed by atoms with van der Waals surface area (Å²) in [7, 11) is 0. The Morgan fingerprint density at radius 2 is 1.60 bits per heavy atom. The predicted molar refractivity (Wildman–Crippen MR) is 66.4 cm³/mol. The minimum Gasteiger partial charge on any atom is -0.388 e. The molecule has 1 unspecified atom stereocenters. The van der Waals surface area contributed by atoms with E-state index in [0.29, 0.717) is 12.1 Å². The normalized spacial score (nSPS) is 12.5. The maximum absolute atomic E-state index is 13.2. The molecule has 0 aromatic heterocycles. The fraction of sp³-hybridized carbons (Fsp3) is 0.143. The zero-order valence-corrected chi connectivity index (χ0v) is 10.8. The maximum atomic E-state index is 13.2. The SMILES string of the molecule is OC(Cc1cccc(F)c1Cl)c1cc(F)c(F)c(F)c1. The van der Waals surface area contributed by atoms with Crippen LogP contribution in [-0.4, -0.2) is 5.11 Å². The van der Waals surface area contributed by atoms with Crippen LogP contribution >= 0.6 is 11.6 Å². The van der Waals surface area contributed by atoms with Crippen molar-refractivity contribution < 1.29 is 22.7 Å². The Morgan fingerprint density at radius 3 is 2.20 bits per heavy atom. The molecule has 0 saturated heterocycles. The van der Waals surface area contributed by atoms with Crippen molar-refractivity contribution in [2.24, 2.45) is 0 Å². The lowest BCUT2D eigenvalue weighted by molar-refractivity contribution is 0.177. The Morgan fingerprint density at radius 1 is 1.00 bits per heavy atom. The van der Waals surface area contributed by atoms with Crippen molar-refractivity contribution in [3.05, 3.63) is 69.8 Å². The van der Waals surface area contributed by atoms with Crippen LogP contribution in [-0.2, 0) is 6.42 Å². The van der Waals surface area contributed by atoms with Gasteiger partial charge in [0.15, 0.2) is 17.5 Å². The van der Waals surface area contributed by atoms with Crippen LogP contribution in [0.4, 0.5) is 17.6 Å². The molecular formula is C14H9ClF4O. The Labute approximate surface area is 117 Å². The zero-order valence-electron chi connectivity index (χ0n) is 10.0.